The van der Waals surface area contributed by atoms with Gasteiger partial charge in [-0.15, -0.1) is 0 Å². The molecule has 3 aliphatic heterocycles. The van der Waals surface area contributed by atoms with Crippen molar-refractivity contribution < 1.29 is 44.8 Å². The highest BCUT2D eigenvalue weighted by Crippen LogP contribution is 2.51. The molecular formula is C30H33NO9. The number of aliphatic hydroxyl groups excluding tert-OH is 3. The molecule has 3 aromatic carbocycles. The van der Waals surface area contributed by atoms with Crippen molar-refractivity contribution in [2.45, 2.75) is 55.9 Å². The summed E-state index contributed by atoms with van der Waals surface area (Å²) in [5, 5.41) is 62.0. The van der Waals surface area contributed by atoms with Crippen molar-refractivity contribution in [1.29, 1.82) is 0 Å². The van der Waals surface area contributed by atoms with Crippen LogP contribution in [-0.4, -0.2) is 80.4 Å². The van der Waals surface area contributed by atoms with Crippen LogP contribution in [0.3, 0.4) is 0 Å². The lowest BCUT2D eigenvalue weighted by Crippen LogP contribution is -2.54. The zero-order valence-electron chi connectivity index (χ0n) is 22.0. The van der Waals surface area contributed by atoms with Crippen LogP contribution < -0.4 is 9.47 Å². The van der Waals surface area contributed by atoms with Gasteiger partial charge in [0.1, 0.15) is 24.1 Å². The molecule has 0 unspecified atom stereocenters. The van der Waals surface area contributed by atoms with Crippen molar-refractivity contribution in [2.75, 3.05) is 20.3 Å². The maximum Gasteiger partial charge on any atom is 0.229 e. The van der Waals surface area contributed by atoms with E-state index in [0.29, 0.717) is 37.1 Å². The first-order valence-corrected chi connectivity index (χ1v) is 13.4. The van der Waals surface area contributed by atoms with Gasteiger partial charge in [-0.25, -0.2) is 0 Å². The molecule has 0 aliphatic carbocycles. The Morgan fingerprint density at radius 1 is 0.925 bits per heavy atom. The normalized spacial score (nSPS) is 27.8. The van der Waals surface area contributed by atoms with Gasteiger partial charge in [-0.1, -0.05) is 18.2 Å². The first kappa shape index (κ1) is 26.7. The van der Waals surface area contributed by atoms with Crippen LogP contribution in [0.5, 0.6) is 28.7 Å². The largest absolute Gasteiger partial charge is 0.508 e. The second-order valence-corrected chi connectivity index (χ2v) is 10.7. The number of nitrogens with zero attached hydrogens (tertiary/aromatic N) is 1. The lowest BCUT2D eigenvalue weighted by atomic mass is 9.78. The predicted octanol–water partition coefficient (Wildman–Crippen LogP) is 2.07. The number of hydrogen-bond donors (Lipinski definition) is 6. The second-order valence-electron chi connectivity index (χ2n) is 10.7. The summed E-state index contributed by atoms with van der Waals surface area (Å²) in [6.07, 6.45) is -3.60. The lowest BCUT2D eigenvalue weighted by molar-refractivity contribution is -0.242. The van der Waals surface area contributed by atoms with Crippen LogP contribution >= 0.6 is 0 Å². The molecule has 0 spiro atoms. The molecule has 10 heteroatoms. The van der Waals surface area contributed by atoms with E-state index < -0.39 is 24.6 Å². The van der Waals surface area contributed by atoms with Gasteiger partial charge in [-0.05, 0) is 71.8 Å². The van der Waals surface area contributed by atoms with E-state index in [1.807, 2.05) is 24.3 Å². The second kappa shape index (κ2) is 10.5. The van der Waals surface area contributed by atoms with Crippen molar-refractivity contribution in [1.82, 2.24) is 4.90 Å². The topological polar surface area (TPSA) is 152 Å². The highest BCUT2D eigenvalue weighted by Gasteiger charge is 2.42. The summed E-state index contributed by atoms with van der Waals surface area (Å²) in [6, 6.07) is 13.9. The van der Waals surface area contributed by atoms with E-state index >= 15 is 0 Å². The van der Waals surface area contributed by atoms with Gasteiger partial charge < -0.3 is 44.8 Å². The molecule has 3 heterocycles. The Kier molecular flexibility index (Phi) is 6.97. The van der Waals surface area contributed by atoms with E-state index in [9.17, 15) is 30.6 Å². The molecule has 0 aromatic heterocycles. The number of hydrogen-bond acceptors (Lipinski definition) is 10. The molecule has 6 rings (SSSR count). The van der Waals surface area contributed by atoms with Gasteiger partial charge >= 0.3 is 0 Å². The Morgan fingerprint density at radius 3 is 2.45 bits per heavy atom. The summed E-state index contributed by atoms with van der Waals surface area (Å²) in [5.41, 5.74) is 4.71. The molecule has 10 nitrogen and oxygen atoms in total. The minimum absolute atomic E-state index is 0.0285. The monoisotopic (exact) mass is 551 g/mol. The van der Waals surface area contributed by atoms with Crippen molar-refractivity contribution in [2.24, 2.45) is 0 Å². The Bertz CT molecular complexity index is 1390. The van der Waals surface area contributed by atoms with E-state index in [1.54, 1.807) is 24.3 Å². The lowest BCUT2D eigenvalue weighted by Gasteiger charge is -2.47. The summed E-state index contributed by atoms with van der Waals surface area (Å²) in [6.45, 7) is 0.469. The fraction of sp³-hybridized carbons (Fsp3) is 0.400. The molecule has 3 aliphatic rings. The Morgan fingerprint density at radius 2 is 1.70 bits per heavy atom. The number of ether oxygens (including phenoxy) is 3. The van der Waals surface area contributed by atoms with Gasteiger partial charge in [-0.2, -0.15) is 0 Å². The number of aromatic hydroxyl groups is 3. The summed E-state index contributed by atoms with van der Waals surface area (Å²) in [7, 11) is 1.53. The fourth-order valence-electron chi connectivity index (χ4n) is 6.23. The molecular weight excluding hydrogens is 518 g/mol. The third-order valence-electron chi connectivity index (χ3n) is 8.32. The maximum atomic E-state index is 11.6. The van der Waals surface area contributed by atoms with Crippen LogP contribution in [0.2, 0.25) is 0 Å². The van der Waals surface area contributed by atoms with Crippen LogP contribution in [-0.2, 0) is 24.0 Å². The average Bonchev–Trinajstić information content (AvgIpc) is 2.95. The first-order chi connectivity index (χ1) is 19.2. The zero-order valence-corrected chi connectivity index (χ0v) is 22.0. The molecule has 6 N–H and O–H groups in total. The minimum Gasteiger partial charge on any atom is -0.508 e. The van der Waals surface area contributed by atoms with Crippen LogP contribution in [0.1, 0.15) is 39.9 Å². The van der Waals surface area contributed by atoms with Crippen molar-refractivity contribution in [3.63, 3.8) is 0 Å². The van der Waals surface area contributed by atoms with Gasteiger partial charge in [0.05, 0.1) is 13.7 Å². The molecule has 0 radical (unpaired) electrons. The van der Waals surface area contributed by atoms with Crippen LogP contribution in [0.15, 0.2) is 48.5 Å². The number of phenols is 3. The Hall–Kier alpha value is -3.54. The highest BCUT2D eigenvalue weighted by atomic mass is 16.7. The minimum atomic E-state index is -1.50. The quantitative estimate of drug-likeness (QED) is 0.278. The predicted molar refractivity (Wildman–Crippen MR) is 143 cm³/mol. The van der Waals surface area contributed by atoms with Gasteiger partial charge in [0, 0.05) is 24.2 Å². The summed E-state index contributed by atoms with van der Waals surface area (Å²) >= 11 is 0. The third kappa shape index (κ3) is 4.61. The summed E-state index contributed by atoms with van der Waals surface area (Å²) in [5.74, 6) is 0.707. The standard InChI is InChI=1S/C30H33NO9/c1-38-25-13-19-16(12-22(25)33)8-9-31-20(19)11-17-4-7-24(40-30-29(37)27(35)23(34)14-39-30)28(36)26(17)21(31)10-15-2-5-18(32)6-3-15/h2-7,12-13,20-21,23,27,29-30,32-37H,8-11,14H2,1H3/t20-,21+,23+,27-,29+,30-/m0/s1. The molecule has 0 bridgehead atoms. The first-order valence-electron chi connectivity index (χ1n) is 13.4. The SMILES string of the molecule is COc1cc2c(cc1O)CCN1[C@H](Cc3ccc(O)cc3)c3c(ccc(O[C@@H]4OC[C@@H](O)[C@H](O)[C@H]4O)c3O)C[C@@H]21. The highest BCUT2D eigenvalue weighted by molar-refractivity contribution is 5.56. The van der Waals surface area contributed by atoms with Crippen LogP contribution in [0.4, 0.5) is 0 Å². The molecule has 0 saturated carbocycles. The molecule has 1 saturated heterocycles. The van der Waals surface area contributed by atoms with Crippen molar-refractivity contribution >= 4 is 0 Å². The number of fused-ring (bicyclic) bond motifs is 4. The maximum absolute atomic E-state index is 11.6. The zero-order chi connectivity index (χ0) is 28.1. The Balaban J connectivity index is 1.40. The van der Waals surface area contributed by atoms with E-state index in [1.165, 1.54) is 7.11 Å². The van der Waals surface area contributed by atoms with E-state index in [4.69, 9.17) is 14.2 Å². The van der Waals surface area contributed by atoms with Crippen LogP contribution in [0, 0.1) is 0 Å². The Labute approximate surface area is 231 Å². The molecule has 0 amide bonds. The summed E-state index contributed by atoms with van der Waals surface area (Å²) in [4.78, 5) is 2.34. The van der Waals surface area contributed by atoms with Crippen LogP contribution in [0.25, 0.3) is 0 Å². The van der Waals surface area contributed by atoms with E-state index in [2.05, 4.69) is 4.90 Å². The van der Waals surface area contributed by atoms with Crippen molar-refractivity contribution in [3.8, 4) is 28.7 Å². The molecule has 212 valence electrons. The smallest absolute Gasteiger partial charge is 0.229 e. The fourth-order valence-corrected chi connectivity index (χ4v) is 6.23. The molecule has 3 aromatic rings. The molecule has 1 fully saturated rings. The van der Waals surface area contributed by atoms with Crippen molar-refractivity contribution in [3.05, 3.63) is 76.3 Å². The van der Waals surface area contributed by atoms with Gasteiger partial charge in [0.2, 0.25) is 6.29 Å². The third-order valence-corrected chi connectivity index (χ3v) is 8.32. The van der Waals surface area contributed by atoms with E-state index in [0.717, 1.165) is 22.3 Å². The van der Waals surface area contributed by atoms with Gasteiger partial charge in [0.15, 0.2) is 23.0 Å². The molecule has 6 atom stereocenters. The average molecular weight is 552 g/mol. The van der Waals surface area contributed by atoms with E-state index in [-0.39, 0.29) is 41.7 Å². The van der Waals surface area contributed by atoms with Gasteiger partial charge in [-0.3, -0.25) is 4.90 Å². The molecule has 40 heavy (non-hydrogen) atoms. The number of benzene rings is 3. The number of aliphatic hydroxyl groups is 3. The number of phenolic OH excluding ortho intramolecular Hbond substituents is 3. The number of methoxy groups -OCH3 is 1. The summed E-state index contributed by atoms with van der Waals surface area (Å²) < 4.78 is 16.7. The van der Waals surface area contributed by atoms with Gasteiger partial charge in [0.25, 0.3) is 0 Å². The number of rotatable bonds is 5.